The van der Waals surface area contributed by atoms with E-state index in [0.29, 0.717) is 25.9 Å². The lowest BCUT2D eigenvalue weighted by molar-refractivity contribution is -0.133. The Kier molecular flexibility index (Phi) is 5.89. The minimum atomic E-state index is -0.123. The molecule has 5 nitrogen and oxygen atoms in total. The Balaban J connectivity index is 1.45. The first-order valence-corrected chi connectivity index (χ1v) is 8.90. The largest absolute Gasteiger partial charge is 0.496 e. The molecule has 2 amide bonds. The first-order chi connectivity index (χ1) is 12.7. The van der Waals surface area contributed by atoms with Crippen molar-refractivity contribution in [3.8, 4) is 5.75 Å². The summed E-state index contributed by atoms with van der Waals surface area (Å²) >= 11 is 0. The SMILES string of the molecule is COc1ccccc1CCC(=O)NCC(=O)N1CCc2ccccc2C1. The van der Waals surface area contributed by atoms with Gasteiger partial charge in [-0.2, -0.15) is 0 Å². The molecule has 0 saturated carbocycles. The fraction of sp³-hybridized carbons (Fsp3) is 0.333. The van der Waals surface area contributed by atoms with E-state index in [1.807, 2.05) is 41.3 Å². The fourth-order valence-electron chi connectivity index (χ4n) is 3.24. The zero-order valence-corrected chi connectivity index (χ0v) is 15.0. The maximum absolute atomic E-state index is 12.4. The Hall–Kier alpha value is -2.82. The summed E-state index contributed by atoms with van der Waals surface area (Å²) < 4.78 is 5.29. The molecule has 1 heterocycles. The second kappa shape index (κ2) is 8.52. The highest BCUT2D eigenvalue weighted by molar-refractivity contribution is 5.85. The van der Waals surface area contributed by atoms with Crippen molar-refractivity contribution in [3.63, 3.8) is 0 Å². The van der Waals surface area contributed by atoms with Crippen LogP contribution in [0.5, 0.6) is 5.75 Å². The molecule has 0 unspecified atom stereocenters. The number of rotatable bonds is 6. The van der Waals surface area contributed by atoms with Crippen molar-refractivity contribution in [2.75, 3.05) is 20.2 Å². The Labute approximate surface area is 154 Å². The molecular formula is C21H24N2O3. The highest BCUT2D eigenvalue weighted by atomic mass is 16.5. The minimum absolute atomic E-state index is 0.0369. The van der Waals surface area contributed by atoms with Crippen molar-refractivity contribution < 1.29 is 14.3 Å². The van der Waals surface area contributed by atoms with Crippen LogP contribution in [0.4, 0.5) is 0 Å². The van der Waals surface area contributed by atoms with Gasteiger partial charge in [0.15, 0.2) is 0 Å². The van der Waals surface area contributed by atoms with E-state index in [-0.39, 0.29) is 18.4 Å². The van der Waals surface area contributed by atoms with Gasteiger partial charge in [0, 0.05) is 19.5 Å². The molecule has 0 radical (unpaired) electrons. The van der Waals surface area contributed by atoms with Gasteiger partial charge in [-0.15, -0.1) is 0 Å². The number of amides is 2. The average molecular weight is 352 g/mol. The number of methoxy groups -OCH3 is 1. The molecule has 1 aliphatic heterocycles. The number of ether oxygens (including phenoxy) is 1. The van der Waals surface area contributed by atoms with Gasteiger partial charge in [-0.1, -0.05) is 42.5 Å². The fourth-order valence-corrected chi connectivity index (χ4v) is 3.24. The highest BCUT2D eigenvalue weighted by Crippen LogP contribution is 2.19. The summed E-state index contributed by atoms with van der Waals surface area (Å²) in [4.78, 5) is 26.3. The first-order valence-electron chi connectivity index (χ1n) is 8.90. The van der Waals surface area contributed by atoms with Crippen LogP contribution in [0.15, 0.2) is 48.5 Å². The van der Waals surface area contributed by atoms with Crippen molar-refractivity contribution >= 4 is 11.8 Å². The second-order valence-corrected chi connectivity index (χ2v) is 6.42. The molecule has 5 heteroatoms. The first kappa shape index (κ1) is 18.0. The van der Waals surface area contributed by atoms with E-state index in [1.54, 1.807) is 7.11 Å². The molecule has 26 heavy (non-hydrogen) atoms. The lowest BCUT2D eigenvalue weighted by atomic mass is 10.00. The van der Waals surface area contributed by atoms with Gasteiger partial charge in [0.05, 0.1) is 13.7 Å². The van der Waals surface area contributed by atoms with Gasteiger partial charge in [-0.05, 0) is 35.6 Å². The normalized spacial score (nSPS) is 13.0. The number of benzene rings is 2. The Bertz CT molecular complexity index is 788. The van der Waals surface area contributed by atoms with Gasteiger partial charge < -0.3 is 15.0 Å². The van der Waals surface area contributed by atoms with Gasteiger partial charge in [0.25, 0.3) is 0 Å². The molecule has 136 valence electrons. The molecule has 0 atom stereocenters. The van der Waals surface area contributed by atoms with Crippen LogP contribution in [-0.4, -0.2) is 36.9 Å². The monoisotopic (exact) mass is 352 g/mol. The number of aryl methyl sites for hydroxylation is 1. The van der Waals surface area contributed by atoms with Crippen LogP contribution in [0.1, 0.15) is 23.1 Å². The Morgan fingerprint density at radius 2 is 1.81 bits per heavy atom. The molecule has 0 bridgehead atoms. The lowest BCUT2D eigenvalue weighted by Crippen LogP contribution is -2.42. The van der Waals surface area contributed by atoms with E-state index in [0.717, 1.165) is 17.7 Å². The predicted octanol–water partition coefficient (Wildman–Crippen LogP) is 2.33. The van der Waals surface area contributed by atoms with Crippen molar-refractivity contribution in [3.05, 3.63) is 65.2 Å². The summed E-state index contributed by atoms with van der Waals surface area (Å²) in [5, 5.41) is 2.74. The van der Waals surface area contributed by atoms with Crippen LogP contribution >= 0.6 is 0 Å². The average Bonchev–Trinajstić information content (AvgIpc) is 2.70. The Morgan fingerprint density at radius 3 is 2.62 bits per heavy atom. The minimum Gasteiger partial charge on any atom is -0.496 e. The van der Waals surface area contributed by atoms with Gasteiger partial charge in [-0.25, -0.2) is 0 Å². The van der Waals surface area contributed by atoms with Gasteiger partial charge >= 0.3 is 0 Å². The third kappa shape index (κ3) is 4.42. The van der Waals surface area contributed by atoms with Crippen LogP contribution in [0.2, 0.25) is 0 Å². The number of carbonyl (C=O) groups is 2. The highest BCUT2D eigenvalue weighted by Gasteiger charge is 2.20. The van der Waals surface area contributed by atoms with Crippen molar-refractivity contribution in [1.82, 2.24) is 10.2 Å². The van der Waals surface area contributed by atoms with E-state index in [9.17, 15) is 9.59 Å². The third-order valence-corrected chi connectivity index (χ3v) is 4.73. The summed E-state index contributed by atoms with van der Waals surface area (Å²) in [5.74, 6) is 0.621. The number of carbonyl (C=O) groups excluding carboxylic acids is 2. The van der Waals surface area contributed by atoms with E-state index in [2.05, 4.69) is 17.4 Å². The van der Waals surface area contributed by atoms with Crippen LogP contribution in [-0.2, 0) is 29.0 Å². The summed E-state index contributed by atoms with van der Waals surface area (Å²) in [6, 6.07) is 15.8. The smallest absolute Gasteiger partial charge is 0.242 e. The van der Waals surface area contributed by atoms with Crippen molar-refractivity contribution in [1.29, 1.82) is 0 Å². The number of nitrogens with one attached hydrogen (secondary N) is 1. The van der Waals surface area contributed by atoms with Crippen molar-refractivity contribution in [2.24, 2.45) is 0 Å². The van der Waals surface area contributed by atoms with E-state index >= 15 is 0 Å². The maximum Gasteiger partial charge on any atom is 0.242 e. The van der Waals surface area contributed by atoms with Crippen molar-refractivity contribution in [2.45, 2.75) is 25.8 Å². The van der Waals surface area contributed by atoms with Crippen LogP contribution in [0.3, 0.4) is 0 Å². The van der Waals surface area contributed by atoms with Crippen LogP contribution < -0.4 is 10.1 Å². The van der Waals surface area contributed by atoms with E-state index < -0.39 is 0 Å². The molecule has 0 aromatic heterocycles. The topological polar surface area (TPSA) is 58.6 Å². The van der Waals surface area contributed by atoms with Gasteiger partial charge in [0.2, 0.25) is 11.8 Å². The number of fused-ring (bicyclic) bond motifs is 1. The number of nitrogens with zero attached hydrogens (tertiary/aromatic N) is 1. The van der Waals surface area contributed by atoms with E-state index in [1.165, 1.54) is 11.1 Å². The predicted molar refractivity (Wildman–Crippen MR) is 99.9 cm³/mol. The molecule has 2 aromatic rings. The zero-order chi connectivity index (χ0) is 18.4. The number of para-hydroxylation sites is 1. The molecule has 0 fully saturated rings. The molecule has 1 N–H and O–H groups in total. The zero-order valence-electron chi connectivity index (χ0n) is 15.0. The molecule has 0 saturated heterocycles. The molecule has 2 aromatic carbocycles. The molecular weight excluding hydrogens is 328 g/mol. The van der Waals surface area contributed by atoms with Crippen LogP contribution in [0.25, 0.3) is 0 Å². The third-order valence-electron chi connectivity index (χ3n) is 4.73. The Morgan fingerprint density at radius 1 is 1.08 bits per heavy atom. The second-order valence-electron chi connectivity index (χ2n) is 6.42. The quantitative estimate of drug-likeness (QED) is 0.868. The van der Waals surface area contributed by atoms with Gasteiger partial charge in [-0.3, -0.25) is 9.59 Å². The standard InChI is InChI=1S/C21H24N2O3/c1-26-19-9-5-4-7-17(19)10-11-20(24)22-14-21(25)23-13-12-16-6-2-3-8-18(16)15-23/h2-9H,10-15H2,1H3,(H,22,24). The number of hydrogen-bond donors (Lipinski definition) is 1. The molecule has 0 spiro atoms. The summed E-state index contributed by atoms with van der Waals surface area (Å²) in [6.45, 7) is 1.37. The number of hydrogen-bond acceptors (Lipinski definition) is 3. The molecule has 3 rings (SSSR count). The summed E-state index contributed by atoms with van der Waals surface area (Å²) in [5.41, 5.74) is 3.48. The summed E-state index contributed by atoms with van der Waals surface area (Å²) in [7, 11) is 1.62. The maximum atomic E-state index is 12.4. The van der Waals surface area contributed by atoms with E-state index in [4.69, 9.17) is 4.74 Å². The van der Waals surface area contributed by atoms with Crippen LogP contribution in [0, 0.1) is 0 Å². The van der Waals surface area contributed by atoms with Gasteiger partial charge in [0.1, 0.15) is 5.75 Å². The lowest BCUT2D eigenvalue weighted by Gasteiger charge is -2.29. The molecule has 1 aliphatic rings. The molecule has 0 aliphatic carbocycles. The summed E-state index contributed by atoms with van der Waals surface area (Å²) in [6.07, 6.45) is 1.78.